The zero-order valence-corrected chi connectivity index (χ0v) is 18.9. The fourth-order valence-electron chi connectivity index (χ4n) is 4.25. The van der Waals surface area contributed by atoms with Crippen molar-refractivity contribution in [1.82, 2.24) is 14.8 Å². The number of ether oxygens (including phenoxy) is 1. The smallest absolute Gasteiger partial charge is 0.252 e. The van der Waals surface area contributed by atoms with Crippen LogP contribution in [0.15, 0.2) is 42.9 Å². The van der Waals surface area contributed by atoms with E-state index in [1.807, 2.05) is 29.1 Å². The summed E-state index contributed by atoms with van der Waals surface area (Å²) in [6.07, 6.45) is 8.89. The molecule has 3 N–H and O–H groups in total. The molecule has 0 aliphatic heterocycles. The summed E-state index contributed by atoms with van der Waals surface area (Å²) in [5.41, 5.74) is 8.51. The summed E-state index contributed by atoms with van der Waals surface area (Å²) in [6, 6.07) is 7.49. The second kappa shape index (κ2) is 10.2. The Hall–Kier alpha value is -3.17. The largest absolute Gasteiger partial charge is 0.494 e. The Morgan fingerprint density at radius 2 is 2.18 bits per heavy atom. The van der Waals surface area contributed by atoms with Crippen molar-refractivity contribution in [1.29, 1.82) is 0 Å². The average molecular weight is 474 g/mol. The maximum absolute atomic E-state index is 11.9. The van der Waals surface area contributed by atoms with Gasteiger partial charge in [-0.1, -0.05) is 23.7 Å². The molecule has 0 bridgehead atoms. The lowest BCUT2D eigenvalue weighted by Gasteiger charge is -2.36. The summed E-state index contributed by atoms with van der Waals surface area (Å²) in [5, 5.41) is 8.00. The number of primary amides is 1. The Balaban J connectivity index is 1.59. The average Bonchev–Trinajstić information content (AvgIpc) is 3.24. The number of halogens is 2. The molecular formula is C23H25ClFN5O3. The predicted molar refractivity (Wildman–Crippen MR) is 123 cm³/mol. The van der Waals surface area contributed by atoms with Gasteiger partial charge in [0, 0.05) is 23.5 Å². The maximum atomic E-state index is 11.9. The molecule has 2 unspecified atom stereocenters. The molecule has 3 aromatic rings. The van der Waals surface area contributed by atoms with Crippen LogP contribution < -0.4 is 15.8 Å². The highest BCUT2D eigenvalue weighted by Gasteiger charge is 2.32. The number of benzene rings is 1. The van der Waals surface area contributed by atoms with Gasteiger partial charge >= 0.3 is 0 Å². The molecule has 1 aliphatic rings. The van der Waals surface area contributed by atoms with Crippen molar-refractivity contribution in [3.8, 4) is 16.9 Å². The number of nitrogens with one attached hydrogen (secondary N) is 1. The standard InChI is InChI=1S/C23H25ClFN5O3/c1-32-22-16(15-11-28-30(13-15)20-8-7-14(20)4-3-9-33-25)5-2-6-18(22)29-19-10-21(24)27-12-17(19)23(26)31/h2,5-6,10-14,20H,3-4,7-9H2,1H3,(H2,26,31)(H,27,29). The zero-order chi connectivity index (χ0) is 23.4. The lowest BCUT2D eigenvalue weighted by atomic mass is 9.77. The lowest BCUT2D eigenvalue weighted by molar-refractivity contribution is -0.134. The number of rotatable bonds is 10. The molecule has 1 aromatic carbocycles. The molecule has 0 spiro atoms. The van der Waals surface area contributed by atoms with Crippen LogP contribution in [0.3, 0.4) is 0 Å². The summed E-state index contributed by atoms with van der Waals surface area (Å²) < 4.78 is 19.6. The third-order valence-electron chi connectivity index (χ3n) is 6.05. The van der Waals surface area contributed by atoms with Gasteiger partial charge in [0.25, 0.3) is 5.91 Å². The fourth-order valence-corrected chi connectivity index (χ4v) is 4.41. The van der Waals surface area contributed by atoms with Gasteiger partial charge in [0.15, 0.2) is 0 Å². The van der Waals surface area contributed by atoms with Gasteiger partial charge in [0.05, 0.1) is 42.9 Å². The third-order valence-corrected chi connectivity index (χ3v) is 6.26. The molecule has 1 saturated carbocycles. The van der Waals surface area contributed by atoms with Crippen LogP contribution >= 0.6 is 11.6 Å². The Morgan fingerprint density at radius 3 is 2.88 bits per heavy atom. The highest BCUT2D eigenvalue weighted by atomic mass is 35.5. The van der Waals surface area contributed by atoms with Gasteiger partial charge in [-0.3, -0.25) is 9.48 Å². The number of anilines is 2. The maximum Gasteiger partial charge on any atom is 0.252 e. The SMILES string of the molecule is COc1c(Nc2cc(Cl)ncc2C(N)=O)cccc1-c1cnn(C2CCC2CCCOF)c1. The third kappa shape index (κ3) is 4.94. The van der Waals surface area contributed by atoms with Crippen LogP contribution in [-0.2, 0) is 4.94 Å². The van der Waals surface area contributed by atoms with Crippen LogP contribution in [0.2, 0.25) is 5.15 Å². The second-order valence-electron chi connectivity index (χ2n) is 8.00. The molecule has 174 valence electrons. The lowest BCUT2D eigenvalue weighted by Crippen LogP contribution is -2.29. The number of nitrogens with zero attached hydrogens (tertiary/aromatic N) is 3. The van der Waals surface area contributed by atoms with E-state index in [9.17, 15) is 9.32 Å². The summed E-state index contributed by atoms with van der Waals surface area (Å²) in [4.78, 5) is 19.4. The van der Waals surface area contributed by atoms with Crippen molar-refractivity contribution < 1.29 is 19.0 Å². The number of nitrogens with two attached hydrogens (primary N) is 1. The first-order valence-corrected chi connectivity index (χ1v) is 11.1. The van der Waals surface area contributed by atoms with Crippen LogP contribution in [-0.4, -0.2) is 34.4 Å². The molecular weight excluding hydrogens is 449 g/mol. The molecule has 2 atom stereocenters. The van der Waals surface area contributed by atoms with Crippen molar-refractivity contribution in [2.24, 2.45) is 11.7 Å². The van der Waals surface area contributed by atoms with Gasteiger partial charge < -0.3 is 15.8 Å². The van der Waals surface area contributed by atoms with E-state index in [1.54, 1.807) is 13.3 Å². The number of hydrogen-bond donors (Lipinski definition) is 2. The van der Waals surface area contributed by atoms with E-state index in [0.717, 1.165) is 30.4 Å². The number of pyridine rings is 1. The highest BCUT2D eigenvalue weighted by molar-refractivity contribution is 6.29. The second-order valence-corrected chi connectivity index (χ2v) is 8.38. The highest BCUT2D eigenvalue weighted by Crippen LogP contribution is 2.43. The Labute approximate surface area is 195 Å². The molecule has 10 heteroatoms. The van der Waals surface area contributed by atoms with E-state index >= 15 is 0 Å². The fraction of sp³-hybridized carbons (Fsp3) is 0.348. The molecule has 2 aromatic heterocycles. The zero-order valence-electron chi connectivity index (χ0n) is 18.1. The van der Waals surface area contributed by atoms with Gasteiger partial charge in [-0.05, 0) is 48.3 Å². The van der Waals surface area contributed by atoms with Crippen LogP contribution in [0.25, 0.3) is 11.1 Å². The normalized spacial score (nSPS) is 17.4. The number of hydrogen-bond acceptors (Lipinski definition) is 6. The minimum Gasteiger partial charge on any atom is -0.494 e. The topological polar surface area (TPSA) is 104 Å². The van der Waals surface area contributed by atoms with Crippen LogP contribution in [0.5, 0.6) is 5.75 Å². The quantitative estimate of drug-likeness (QED) is 0.314. The minimum absolute atomic E-state index is 0.130. The molecule has 1 amide bonds. The van der Waals surface area contributed by atoms with E-state index < -0.39 is 5.91 Å². The van der Waals surface area contributed by atoms with Crippen molar-refractivity contribution in [2.45, 2.75) is 31.7 Å². The van der Waals surface area contributed by atoms with Crippen LogP contribution in [0, 0.1) is 5.92 Å². The van der Waals surface area contributed by atoms with E-state index in [2.05, 4.69) is 20.3 Å². The minimum atomic E-state index is -0.619. The van der Waals surface area contributed by atoms with Gasteiger partial charge in [-0.15, -0.1) is 0 Å². The number of aromatic nitrogens is 3. The Kier molecular flexibility index (Phi) is 7.10. The first-order valence-electron chi connectivity index (χ1n) is 10.7. The summed E-state index contributed by atoms with van der Waals surface area (Å²) in [7, 11) is 1.58. The molecule has 1 fully saturated rings. The molecule has 8 nitrogen and oxygen atoms in total. The van der Waals surface area contributed by atoms with Gasteiger partial charge in [-0.2, -0.15) is 10.0 Å². The summed E-state index contributed by atoms with van der Waals surface area (Å²) >= 11 is 6.02. The van der Waals surface area contributed by atoms with Crippen LogP contribution in [0.1, 0.15) is 42.1 Å². The number of para-hydroxylation sites is 1. The summed E-state index contributed by atoms with van der Waals surface area (Å²) in [5.74, 6) is 0.434. The van der Waals surface area contributed by atoms with Crippen molar-refractivity contribution in [3.63, 3.8) is 0 Å². The number of carbonyl (C=O) groups is 1. The first kappa shape index (κ1) is 23.0. The number of amides is 1. The van der Waals surface area contributed by atoms with Gasteiger partial charge in [0.2, 0.25) is 0 Å². The van der Waals surface area contributed by atoms with E-state index in [-0.39, 0.29) is 17.3 Å². The van der Waals surface area contributed by atoms with E-state index in [4.69, 9.17) is 22.1 Å². The van der Waals surface area contributed by atoms with Gasteiger partial charge in [0.1, 0.15) is 10.9 Å². The van der Waals surface area contributed by atoms with Crippen molar-refractivity contribution in [2.75, 3.05) is 19.0 Å². The molecule has 33 heavy (non-hydrogen) atoms. The molecule has 1 aliphatic carbocycles. The van der Waals surface area contributed by atoms with Crippen LogP contribution in [0.4, 0.5) is 15.9 Å². The molecule has 2 heterocycles. The van der Waals surface area contributed by atoms with E-state index in [1.165, 1.54) is 12.3 Å². The number of methoxy groups -OCH3 is 1. The van der Waals surface area contributed by atoms with Gasteiger partial charge in [-0.25, -0.2) is 4.98 Å². The molecule has 0 radical (unpaired) electrons. The Morgan fingerprint density at radius 1 is 1.33 bits per heavy atom. The Bertz CT molecular complexity index is 1140. The first-order chi connectivity index (χ1) is 16.0. The summed E-state index contributed by atoms with van der Waals surface area (Å²) in [6.45, 7) is 0.130. The van der Waals surface area contributed by atoms with Crippen molar-refractivity contribution in [3.05, 3.63) is 53.6 Å². The van der Waals surface area contributed by atoms with E-state index in [0.29, 0.717) is 35.5 Å². The predicted octanol–water partition coefficient (Wildman–Crippen LogP) is 5.08. The molecule has 4 rings (SSSR count). The van der Waals surface area contributed by atoms with Crippen molar-refractivity contribution >= 4 is 28.9 Å². The molecule has 0 saturated heterocycles. The number of carbonyl (C=O) groups excluding carboxylic acids is 1. The monoisotopic (exact) mass is 473 g/mol.